The number of nitrogens with zero attached hydrogens (tertiary/aromatic N) is 1. The summed E-state index contributed by atoms with van der Waals surface area (Å²) < 4.78 is 5.57. The van der Waals surface area contributed by atoms with E-state index in [0.717, 1.165) is 33.8 Å². The van der Waals surface area contributed by atoms with Crippen LogP contribution >= 0.6 is 27.7 Å². The molecule has 0 fully saturated rings. The number of aryl methyl sites for hydroxylation is 1. The van der Waals surface area contributed by atoms with E-state index >= 15 is 0 Å². The minimum Gasteiger partial charge on any atom is -0.468 e. The second-order valence-corrected chi connectivity index (χ2v) is 7.64. The van der Waals surface area contributed by atoms with Gasteiger partial charge in [0.05, 0.1) is 18.6 Å². The first-order chi connectivity index (χ1) is 11.7. The highest BCUT2D eigenvalue weighted by atomic mass is 79.9. The molecule has 5 nitrogen and oxygen atoms in total. The van der Waals surface area contributed by atoms with Gasteiger partial charge in [-0.1, -0.05) is 47.6 Å². The summed E-state index contributed by atoms with van der Waals surface area (Å²) in [6.45, 7) is 7.34. The van der Waals surface area contributed by atoms with Crippen LogP contribution in [0.4, 0.5) is 5.69 Å². The fraction of sp³-hybridized carbons (Fsp3) is 0.500. The molecule has 0 saturated heterocycles. The van der Waals surface area contributed by atoms with E-state index in [9.17, 15) is 14.4 Å². The van der Waals surface area contributed by atoms with E-state index in [1.165, 1.54) is 12.0 Å². The van der Waals surface area contributed by atoms with Crippen LogP contribution in [0, 0.1) is 19.8 Å². The molecule has 138 valence electrons. The zero-order chi connectivity index (χ0) is 19.1. The van der Waals surface area contributed by atoms with Crippen molar-refractivity contribution in [3.63, 3.8) is 0 Å². The van der Waals surface area contributed by atoms with Crippen LogP contribution in [0.5, 0.6) is 0 Å². The Morgan fingerprint density at radius 2 is 1.92 bits per heavy atom. The summed E-state index contributed by atoms with van der Waals surface area (Å²) in [6, 6.07) is 3.78. The Morgan fingerprint density at radius 3 is 2.48 bits per heavy atom. The third-order valence-corrected chi connectivity index (χ3v) is 5.94. The normalized spacial score (nSPS) is 11.8. The fourth-order valence-electron chi connectivity index (χ4n) is 2.23. The number of anilines is 1. The molecule has 1 aromatic carbocycles. The van der Waals surface area contributed by atoms with Gasteiger partial charge in [-0.2, -0.15) is 0 Å². The number of thioether (sulfide) groups is 1. The lowest BCUT2D eigenvalue weighted by Crippen LogP contribution is -2.38. The molecule has 1 atom stereocenters. The Hall–Kier alpha value is -1.34. The smallest absolute Gasteiger partial charge is 0.325 e. The third-order valence-electron chi connectivity index (χ3n) is 4.01. The van der Waals surface area contributed by atoms with Crippen molar-refractivity contribution in [2.75, 3.05) is 24.3 Å². The number of halogens is 1. The molecule has 0 N–H and O–H groups in total. The van der Waals surface area contributed by atoms with Gasteiger partial charge in [0.15, 0.2) is 5.12 Å². The van der Waals surface area contributed by atoms with Crippen molar-refractivity contribution in [3.05, 3.63) is 27.7 Å². The van der Waals surface area contributed by atoms with Gasteiger partial charge in [0, 0.05) is 10.4 Å². The molecule has 7 heteroatoms. The van der Waals surface area contributed by atoms with Gasteiger partial charge in [-0.25, -0.2) is 0 Å². The number of rotatable bonds is 7. The third kappa shape index (κ3) is 5.85. The lowest BCUT2D eigenvalue weighted by Gasteiger charge is -2.26. The first-order valence-corrected chi connectivity index (χ1v) is 9.80. The average Bonchev–Trinajstić information content (AvgIpc) is 2.60. The van der Waals surface area contributed by atoms with Crippen molar-refractivity contribution in [1.29, 1.82) is 0 Å². The van der Waals surface area contributed by atoms with Crippen molar-refractivity contribution in [3.8, 4) is 0 Å². The molecular weight excluding hydrogens is 406 g/mol. The highest BCUT2D eigenvalue weighted by molar-refractivity contribution is 9.10. The van der Waals surface area contributed by atoms with Gasteiger partial charge in [-0.15, -0.1) is 0 Å². The minimum absolute atomic E-state index is 0.00837. The number of carbonyl (C=O) groups excluding carboxylic acids is 3. The lowest BCUT2D eigenvalue weighted by atomic mass is 10.1. The minimum atomic E-state index is -0.509. The Kier molecular flexibility index (Phi) is 8.65. The van der Waals surface area contributed by atoms with Crippen LogP contribution in [0.3, 0.4) is 0 Å². The zero-order valence-corrected chi connectivity index (χ0v) is 17.6. The van der Waals surface area contributed by atoms with E-state index in [0.29, 0.717) is 5.69 Å². The van der Waals surface area contributed by atoms with Crippen molar-refractivity contribution in [1.82, 2.24) is 0 Å². The van der Waals surface area contributed by atoms with E-state index in [4.69, 9.17) is 4.74 Å². The van der Waals surface area contributed by atoms with Gasteiger partial charge in [-0.3, -0.25) is 19.3 Å². The van der Waals surface area contributed by atoms with Gasteiger partial charge in [-0.05, 0) is 37.5 Å². The molecule has 1 rings (SSSR count). The molecule has 0 spiro atoms. The number of carbonyl (C=O) groups is 3. The van der Waals surface area contributed by atoms with E-state index in [2.05, 4.69) is 15.9 Å². The fourth-order valence-corrected chi connectivity index (χ4v) is 3.42. The number of methoxy groups -OCH3 is 1. The van der Waals surface area contributed by atoms with Crippen LogP contribution in [-0.4, -0.2) is 36.4 Å². The molecule has 0 aliphatic carbocycles. The summed E-state index contributed by atoms with van der Waals surface area (Å²) in [5.74, 6) is -0.908. The number of benzene rings is 1. The molecule has 0 heterocycles. The molecular formula is C18H24BrNO4S. The largest absolute Gasteiger partial charge is 0.468 e. The van der Waals surface area contributed by atoms with Crippen LogP contribution in [0.15, 0.2) is 16.6 Å². The van der Waals surface area contributed by atoms with Crippen molar-refractivity contribution in [2.45, 2.75) is 34.1 Å². The summed E-state index contributed by atoms with van der Waals surface area (Å²) in [4.78, 5) is 38.0. The Balaban J connectivity index is 3.09. The SMILES string of the molecule is CCC(C)C(=O)SCC(=O)N(CC(=O)OC)c1c(C)ccc(Br)c1C. The van der Waals surface area contributed by atoms with Gasteiger partial charge in [0.2, 0.25) is 5.91 Å². The molecule has 1 unspecified atom stereocenters. The standard InChI is InChI=1S/C18H24BrNO4S/c1-6-11(2)18(23)25-10-15(21)20(9-16(22)24-5)17-12(3)7-8-14(19)13(17)4/h7-8,11H,6,9-10H2,1-5H3. The number of hydrogen-bond donors (Lipinski definition) is 0. The first-order valence-electron chi connectivity index (χ1n) is 8.02. The monoisotopic (exact) mass is 429 g/mol. The lowest BCUT2D eigenvalue weighted by molar-refractivity contribution is -0.139. The highest BCUT2D eigenvalue weighted by Gasteiger charge is 2.25. The van der Waals surface area contributed by atoms with Crippen molar-refractivity contribution >= 4 is 50.4 Å². The van der Waals surface area contributed by atoms with E-state index < -0.39 is 5.97 Å². The average molecular weight is 430 g/mol. The first kappa shape index (κ1) is 21.7. The maximum Gasteiger partial charge on any atom is 0.325 e. The highest BCUT2D eigenvalue weighted by Crippen LogP contribution is 2.31. The Labute approximate surface area is 161 Å². The summed E-state index contributed by atoms with van der Waals surface area (Å²) in [7, 11) is 1.28. The summed E-state index contributed by atoms with van der Waals surface area (Å²) >= 11 is 4.45. The van der Waals surface area contributed by atoms with Crippen LogP contribution in [0.25, 0.3) is 0 Å². The van der Waals surface area contributed by atoms with Gasteiger partial charge in [0.1, 0.15) is 6.54 Å². The quantitative estimate of drug-likeness (QED) is 0.615. The molecule has 0 aliphatic heterocycles. The molecule has 0 radical (unpaired) electrons. The Morgan fingerprint density at radius 1 is 1.28 bits per heavy atom. The van der Waals surface area contributed by atoms with Crippen molar-refractivity contribution in [2.24, 2.45) is 5.92 Å². The molecule has 0 saturated carbocycles. The number of esters is 1. The number of ether oxygens (including phenoxy) is 1. The molecule has 25 heavy (non-hydrogen) atoms. The maximum absolute atomic E-state index is 12.8. The molecule has 1 aromatic rings. The molecule has 0 aromatic heterocycles. The predicted molar refractivity (Wildman–Crippen MR) is 105 cm³/mol. The van der Waals surface area contributed by atoms with Gasteiger partial charge in [0.25, 0.3) is 0 Å². The van der Waals surface area contributed by atoms with Gasteiger partial charge < -0.3 is 4.74 Å². The summed E-state index contributed by atoms with van der Waals surface area (Å²) in [6.07, 6.45) is 0.732. The van der Waals surface area contributed by atoms with E-state index in [1.54, 1.807) is 0 Å². The molecule has 1 amide bonds. The number of hydrogen-bond acceptors (Lipinski definition) is 5. The Bertz CT molecular complexity index is 663. The van der Waals surface area contributed by atoms with Crippen LogP contribution < -0.4 is 4.90 Å². The summed E-state index contributed by atoms with van der Waals surface area (Å²) in [5, 5.41) is -0.0171. The zero-order valence-electron chi connectivity index (χ0n) is 15.2. The summed E-state index contributed by atoms with van der Waals surface area (Å²) in [5.41, 5.74) is 2.40. The predicted octanol–water partition coefficient (Wildman–Crippen LogP) is 3.88. The van der Waals surface area contributed by atoms with Crippen molar-refractivity contribution < 1.29 is 19.1 Å². The van der Waals surface area contributed by atoms with Gasteiger partial charge >= 0.3 is 5.97 Å². The number of amides is 1. The molecule has 0 bridgehead atoms. The second-order valence-electron chi connectivity index (χ2n) is 5.81. The van der Waals surface area contributed by atoms with E-state index in [-0.39, 0.29) is 29.2 Å². The topological polar surface area (TPSA) is 63.7 Å². The van der Waals surface area contributed by atoms with E-state index in [1.807, 2.05) is 39.8 Å². The molecule has 0 aliphatic rings. The second kappa shape index (κ2) is 9.97. The maximum atomic E-state index is 12.8. The van der Waals surface area contributed by atoms with Crippen LogP contribution in [0.2, 0.25) is 0 Å². The van der Waals surface area contributed by atoms with Crippen LogP contribution in [0.1, 0.15) is 31.4 Å². The van der Waals surface area contributed by atoms with Crippen LogP contribution in [-0.2, 0) is 19.1 Å².